The third kappa shape index (κ3) is 5.19. The van der Waals surface area contributed by atoms with Gasteiger partial charge in [0, 0.05) is 26.7 Å². The molecule has 1 fully saturated rings. The molecule has 17 heavy (non-hydrogen) atoms. The minimum atomic E-state index is 0.721. The Morgan fingerprint density at radius 1 is 1.35 bits per heavy atom. The maximum Gasteiger partial charge on any atom is 0.0589 e. The van der Waals surface area contributed by atoms with Crippen LogP contribution in [0, 0.1) is 11.8 Å². The molecular weight excluding hydrogens is 212 g/mol. The fourth-order valence-corrected chi connectivity index (χ4v) is 2.83. The first kappa shape index (κ1) is 14.7. The van der Waals surface area contributed by atoms with Crippen molar-refractivity contribution in [3.63, 3.8) is 0 Å². The molecule has 0 radical (unpaired) electrons. The molecular formula is C14H28N2O. The van der Waals surface area contributed by atoms with Crippen LogP contribution in [0.4, 0.5) is 0 Å². The van der Waals surface area contributed by atoms with Crippen molar-refractivity contribution in [3.05, 3.63) is 12.7 Å². The lowest BCUT2D eigenvalue weighted by molar-refractivity contribution is 0.120. The van der Waals surface area contributed by atoms with Crippen molar-refractivity contribution in [1.29, 1.82) is 0 Å². The highest BCUT2D eigenvalue weighted by atomic mass is 16.5. The van der Waals surface area contributed by atoms with Crippen LogP contribution in [0.3, 0.4) is 0 Å². The Hall–Kier alpha value is -0.380. The molecule has 100 valence electrons. The number of rotatable bonds is 8. The molecule has 3 heteroatoms. The number of ether oxygens (including phenoxy) is 1. The molecule has 0 aliphatic heterocycles. The summed E-state index contributed by atoms with van der Waals surface area (Å²) in [4.78, 5) is 2.44. The highest BCUT2D eigenvalue weighted by Gasteiger charge is 2.25. The highest BCUT2D eigenvalue weighted by Crippen LogP contribution is 2.29. The molecule has 0 heterocycles. The van der Waals surface area contributed by atoms with E-state index >= 15 is 0 Å². The summed E-state index contributed by atoms with van der Waals surface area (Å²) in [6.45, 7) is 8.58. The number of nitrogens with two attached hydrogens (primary N) is 1. The SMILES string of the molecule is C=CCN(CCOC)CC1CCCCC1CN. The molecule has 2 N–H and O–H groups in total. The van der Waals surface area contributed by atoms with Gasteiger partial charge in [-0.1, -0.05) is 18.9 Å². The molecule has 0 spiro atoms. The smallest absolute Gasteiger partial charge is 0.0589 e. The summed E-state index contributed by atoms with van der Waals surface area (Å²) in [5, 5.41) is 0. The van der Waals surface area contributed by atoms with E-state index in [-0.39, 0.29) is 0 Å². The standard InChI is InChI=1S/C14H28N2O/c1-3-8-16(9-10-17-2)12-14-7-5-4-6-13(14)11-15/h3,13-14H,1,4-12,15H2,2H3. The second-order valence-electron chi connectivity index (χ2n) is 5.08. The van der Waals surface area contributed by atoms with E-state index in [1.807, 2.05) is 6.08 Å². The quantitative estimate of drug-likeness (QED) is 0.658. The largest absolute Gasteiger partial charge is 0.383 e. The minimum absolute atomic E-state index is 0.721. The van der Waals surface area contributed by atoms with Gasteiger partial charge >= 0.3 is 0 Å². The number of hydrogen-bond acceptors (Lipinski definition) is 3. The number of methoxy groups -OCH3 is 1. The Labute approximate surface area is 106 Å². The van der Waals surface area contributed by atoms with Gasteiger partial charge in [0.2, 0.25) is 0 Å². The number of hydrogen-bond donors (Lipinski definition) is 1. The van der Waals surface area contributed by atoms with Crippen LogP contribution in [0.5, 0.6) is 0 Å². The van der Waals surface area contributed by atoms with Gasteiger partial charge in [-0.25, -0.2) is 0 Å². The lowest BCUT2D eigenvalue weighted by Crippen LogP contribution is -2.38. The van der Waals surface area contributed by atoms with Gasteiger partial charge in [0.1, 0.15) is 0 Å². The van der Waals surface area contributed by atoms with Gasteiger partial charge in [0.25, 0.3) is 0 Å². The molecule has 0 aromatic heterocycles. The van der Waals surface area contributed by atoms with E-state index in [1.165, 1.54) is 25.7 Å². The maximum absolute atomic E-state index is 5.88. The average Bonchev–Trinajstić information content (AvgIpc) is 2.37. The molecule has 1 rings (SSSR count). The third-order valence-corrected chi connectivity index (χ3v) is 3.86. The van der Waals surface area contributed by atoms with Gasteiger partial charge in [-0.3, -0.25) is 4.90 Å². The van der Waals surface area contributed by atoms with Crippen LogP contribution in [-0.4, -0.2) is 44.8 Å². The van der Waals surface area contributed by atoms with Crippen molar-refractivity contribution in [1.82, 2.24) is 4.90 Å². The van der Waals surface area contributed by atoms with Crippen molar-refractivity contribution >= 4 is 0 Å². The van der Waals surface area contributed by atoms with E-state index < -0.39 is 0 Å². The van der Waals surface area contributed by atoms with Crippen LogP contribution in [0.1, 0.15) is 25.7 Å². The average molecular weight is 240 g/mol. The van der Waals surface area contributed by atoms with Gasteiger partial charge in [-0.05, 0) is 31.2 Å². The first-order valence-corrected chi connectivity index (χ1v) is 6.84. The Kier molecular flexibility index (Phi) is 7.49. The van der Waals surface area contributed by atoms with Crippen molar-refractivity contribution < 1.29 is 4.74 Å². The summed E-state index contributed by atoms with van der Waals surface area (Å²) in [5.74, 6) is 1.49. The Morgan fingerprint density at radius 3 is 2.65 bits per heavy atom. The third-order valence-electron chi connectivity index (χ3n) is 3.86. The minimum Gasteiger partial charge on any atom is -0.383 e. The molecule has 1 saturated carbocycles. The van der Waals surface area contributed by atoms with E-state index in [2.05, 4.69) is 11.5 Å². The summed E-state index contributed by atoms with van der Waals surface area (Å²) in [6.07, 6.45) is 7.36. The Bertz CT molecular complexity index is 208. The molecule has 1 aliphatic carbocycles. The van der Waals surface area contributed by atoms with E-state index in [1.54, 1.807) is 7.11 Å². The summed E-state index contributed by atoms with van der Waals surface area (Å²) >= 11 is 0. The first-order chi connectivity index (χ1) is 8.31. The van der Waals surface area contributed by atoms with E-state index in [4.69, 9.17) is 10.5 Å². The van der Waals surface area contributed by atoms with Crippen LogP contribution >= 0.6 is 0 Å². The lowest BCUT2D eigenvalue weighted by Gasteiger charge is -2.34. The molecule has 1 aliphatic rings. The molecule has 0 aromatic rings. The molecule has 0 bridgehead atoms. The van der Waals surface area contributed by atoms with Gasteiger partial charge in [0.15, 0.2) is 0 Å². The Morgan fingerprint density at radius 2 is 2.06 bits per heavy atom. The number of nitrogens with zero attached hydrogens (tertiary/aromatic N) is 1. The summed E-state index contributed by atoms with van der Waals surface area (Å²) in [5.41, 5.74) is 5.88. The monoisotopic (exact) mass is 240 g/mol. The predicted molar refractivity (Wildman–Crippen MR) is 73.0 cm³/mol. The molecule has 2 atom stereocenters. The van der Waals surface area contributed by atoms with Crippen LogP contribution < -0.4 is 5.73 Å². The van der Waals surface area contributed by atoms with Crippen LogP contribution in [-0.2, 0) is 4.74 Å². The highest BCUT2D eigenvalue weighted by molar-refractivity contribution is 4.81. The maximum atomic E-state index is 5.88. The van der Waals surface area contributed by atoms with E-state index in [0.717, 1.165) is 44.6 Å². The second-order valence-corrected chi connectivity index (χ2v) is 5.08. The van der Waals surface area contributed by atoms with Crippen molar-refractivity contribution in [2.75, 3.05) is 39.9 Å². The second kappa shape index (κ2) is 8.67. The van der Waals surface area contributed by atoms with Gasteiger partial charge in [-0.15, -0.1) is 6.58 Å². The summed E-state index contributed by atoms with van der Waals surface area (Å²) < 4.78 is 5.16. The molecule has 2 unspecified atom stereocenters. The van der Waals surface area contributed by atoms with Crippen LogP contribution in [0.25, 0.3) is 0 Å². The Balaban J connectivity index is 2.42. The van der Waals surface area contributed by atoms with Gasteiger partial charge in [0.05, 0.1) is 6.61 Å². The first-order valence-electron chi connectivity index (χ1n) is 6.84. The summed E-state index contributed by atoms with van der Waals surface area (Å²) in [7, 11) is 1.76. The lowest BCUT2D eigenvalue weighted by atomic mass is 9.79. The predicted octanol–water partition coefficient (Wildman–Crippen LogP) is 1.89. The van der Waals surface area contributed by atoms with Crippen LogP contribution in [0.15, 0.2) is 12.7 Å². The summed E-state index contributed by atoms with van der Waals surface area (Å²) in [6, 6.07) is 0. The fourth-order valence-electron chi connectivity index (χ4n) is 2.83. The topological polar surface area (TPSA) is 38.5 Å². The van der Waals surface area contributed by atoms with Crippen molar-refractivity contribution in [2.45, 2.75) is 25.7 Å². The van der Waals surface area contributed by atoms with Gasteiger partial charge < -0.3 is 10.5 Å². The molecule has 0 amide bonds. The fraction of sp³-hybridized carbons (Fsp3) is 0.857. The molecule has 0 aromatic carbocycles. The van der Waals surface area contributed by atoms with Crippen molar-refractivity contribution in [3.8, 4) is 0 Å². The van der Waals surface area contributed by atoms with E-state index in [9.17, 15) is 0 Å². The van der Waals surface area contributed by atoms with Crippen LogP contribution in [0.2, 0.25) is 0 Å². The normalized spacial score (nSPS) is 25.1. The van der Waals surface area contributed by atoms with Gasteiger partial charge in [-0.2, -0.15) is 0 Å². The zero-order valence-corrected chi connectivity index (χ0v) is 11.2. The van der Waals surface area contributed by atoms with E-state index in [0.29, 0.717) is 0 Å². The molecule has 3 nitrogen and oxygen atoms in total. The zero-order valence-electron chi connectivity index (χ0n) is 11.2. The zero-order chi connectivity index (χ0) is 12.5. The molecule has 0 saturated heterocycles. The van der Waals surface area contributed by atoms with Crippen molar-refractivity contribution in [2.24, 2.45) is 17.6 Å².